The molecule has 6 heteroatoms. The summed E-state index contributed by atoms with van der Waals surface area (Å²) in [5, 5.41) is 14.1. The van der Waals surface area contributed by atoms with E-state index >= 15 is 0 Å². The summed E-state index contributed by atoms with van der Waals surface area (Å²) in [4.78, 5) is 11.3. The summed E-state index contributed by atoms with van der Waals surface area (Å²) in [6.45, 7) is 6.10. The van der Waals surface area contributed by atoms with Crippen LogP contribution in [0.3, 0.4) is 0 Å². The Balaban J connectivity index is 2.72. The molecule has 0 spiro atoms. The van der Waals surface area contributed by atoms with Crippen LogP contribution in [0.1, 0.15) is 37.0 Å². The van der Waals surface area contributed by atoms with E-state index in [1.165, 1.54) is 0 Å². The third-order valence-corrected chi connectivity index (χ3v) is 4.09. The Labute approximate surface area is 135 Å². The molecule has 0 saturated carbocycles. The van der Waals surface area contributed by atoms with Gasteiger partial charge in [0.2, 0.25) is 0 Å². The monoisotopic (exact) mass is 404 g/mol. The number of carboxylic acid groups (broad SMARTS) is 1. The highest BCUT2D eigenvalue weighted by Crippen LogP contribution is 2.31. The van der Waals surface area contributed by atoms with Gasteiger partial charge in [-0.3, -0.25) is 0 Å². The minimum Gasteiger partial charge on any atom is -0.476 e. The van der Waals surface area contributed by atoms with Crippen LogP contribution in [0.5, 0.6) is 0 Å². The van der Waals surface area contributed by atoms with Crippen LogP contribution in [0.2, 0.25) is 5.02 Å². The molecule has 1 heterocycles. The first-order chi connectivity index (χ1) is 9.21. The highest BCUT2D eigenvalue weighted by atomic mass is 127. The van der Waals surface area contributed by atoms with Crippen LogP contribution >= 0.6 is 34.2 Å². The van der Waals surface area contributed by atoms with Gasteiger partial charge in [0.15, 0.2) is 5.69 Å². The standard InChI is InChI=1S/C14H14ClIN2O2/c1-14(2,3)12-10(16)11(13(19)20)17-18(12)9-6-4-8(15)5-7-9/h4-7H,1-3H3,(H,19,20). The summed E-state index contributed by atoms with van der Waals surface area (Å²) in [6.07, 6.45) is 0. The van der Waals surface area contributed by atoms with Crippen LogP contribution in [0, 0.1) is 3.57 Å². The van der Waals surface area contributed by atoms with E-state index in [1.807, 2.05) is 55.5 Å². The molecule has 0 saturated heterocycles. The molecule has 2 rings (SSSR count). The van der Waals surface area contributed by atoms with Crippen molar-refractivity contribution in [1.82, 2.24) is 9.78 Å². The Morgan fingerprint density at radius 1 is 1.30 bits per heavy atom. The number of carbonyl (C=O) groups is 1. The summed E-state index contributed by atoms with van der Waals surface area (Å²) in [6, 6.07) is 7.18. The number of carboxylic acids is 1. The lowest BCUT2D eigenvalue weighted by atomic mass is 9.91. The molecule has 0 aliphatic heterocycles. The van der Waals surface area contributed by atoms with Gasteiger partial charge >= 0.3 is 5.97 Å². The van der Waals surface area contributed by atoms with Gasteiger partial charge in [-0.05, 0) is 46.9 Å². The number of nitrogens with zero attached hydrogens (tertiary/aromatic N) is 2. The maximum Gasteiger partial charge on any atom is 0.357 e. The van der Waals surface area contributed by atoms with E-state index in [9.17, 15) is 9.90 Å². The lowest BCUT2D eigenvalue weighted by Gasteiger charge is -2.21. The number of hydrogen-bond acceptors (Lipinski definition) is 2. The predicted molar refractivity (Wildman–Crippen MR) is 87.0 cm³/mol. The van der Waals surface area contributed by atoms with Crippen molar-refractivity contribution in [2.75, 3.05) is 0 Å². The second-order valence-corrected chi connectivity index (χ2v) is 6.97. The average molecular weight is 405 g/mol. The average Bonchev–Trinajstić information content (AvgIpc) is 2.67. The van der Waals surface area contributed by atoms with Gasteiger partial charge in [-0.1, -0.05) is 32.4 Å². The van der Waals surface area contributed by atoms with Gasteiger partial charge in [-0.2, -0.15) is 5.10 Å². The Hall–Kier alpha value is -1.08. The summed E-state index contributed by atoms with van der Waals surface area (Å²) in [7, 11) is 0. The molecule has 20 heavy (non-hydrogen) atoms. The zero-order valence-electron chi connectivity index (χ0n) is 11.3. The van der Waals surface area contributed by atoms with Gasteiger partial charge in [0.1, 0.15) is 0 Å². The van der Waals surface area contributed by atoms with Gasteiger partial charge < -0.3 is 5.11 Å². The van der Waals surface area contributed by atoms with Crippen LogP contribution in [0.15, 0.2) is 24.3 Å². The van der Waals surface area contributed by atoms with Crippen molar-refractivity contribution in [3.63, 3.8) is 0 Å². The lowest BCUT2D eigenvalue weighted by molar-refractivity contribution is 0.0689. The maximum atomic E-state index is 11.3. The van der Waals surface area contributed by atoms with E-state index < -0.39 is 5.97 Å². The molecule has 2 aromatic rings. The molecule has 1 aromatic heterocycles. The molecule has 0 atom stereocenters. The van der Waals surface area contributed by atoms with E-state index in [1.54, 1.807) is 16.8 Å². The normalized spacial score (nSPS) is 11.7. The summed E-state index contributed by atoms with van der Waals surface area (Å²) in [5.74, 6) is -1.02. The zero-order valence-corrected chi connectivity index (χ0v) is 14.2. The van der Waals surface area contributed by atoms with Crippen LogP contribution in [0.4, 0.5) is 0 Å². The number of hydrogen-bond donors (Lipinski definition) is 1. The fourth-order valence-corrected chi connectivity index (χ4v) is 3.45. The summed E-state index contributed by atoms with van der Waals surface area (Å²) < 4.78 is 2.35. The van der Waals surface area contributed by atoms with Gasteiger partial charge in [0.25, 0.3) is 0 Å². The molecular formula is C14H14ClIN2O2. The fourth-order valence-electron chi connectivity index (χ4n) is 1.95. The van der Waals surface area contributed by atoms with Gasteiger partial charge in [-0.15, -0.1) is 0 Å². The van der Waals surface area contributed by atoms with Crippen LogP contribution in [0.25, 0.3) is 5.69 Å². The van der Waals surface area contributed by atoms with E-state index in [2.05, 4.69) is 5.10 Å². The number of aromatic carboxylic acids is 1. The molecule has 0 bridgehead atoms. The largest absolute Gasteiger partial charge is 0.476 e. The number of benzene rings is 1. The lowest BCUT2D eigenvalue weighted by Crippen LogP contribution is -2.18. The molecule has 0 unspecified atom stereocenters. The van der Waals surface area contributed by atoms with E-state index in [0.717, 1.165) is 11.4 Å². The third kappa shape index (κ3) is 2.83. The second-order valence-electron chi connectivity index (χ2n) is 5.45. The van der Waals surface area contributed by atoms with Crippen LogP contribution in [-0.2, 0) is 5.41 Å². The van der Waals surface area contributed by atoms with Crippen LogP contribution < -0.4 is 0 Å². The Bertz CT molecular complexity index is 657. The topological polar surface area (TPSA) is 55.1 Å². The first-order valence-corrected chi connectivity index (χ1v) is 7.45. The number of halogens is 2. The van der Waals surface area contributed by atoms with Gasteiger partial charge in [0.05, 0.1) is 15.0 Å². The molecule has 1 N–H and O–H groups in total. The molecule has 0 aliphatic rings. The number of aromatic nitrogens is 2. The highest BCUT2D eigenvalue weighted by Gasteiger charge is 2.29. The number of rotatable bonds is 2. The maximum absolute atomic E-state index is 11.3. The van der Waals surface area contributed by atoms with E-state index in [4.69, 9.17) is 11.6 Å². The minimum atomic E-state index is -1.02. The van der Waals surface area contributed by atoms with Crippen molar-refractivity contribution in [2.45, 2.75) is 26.2 Å². The van der Waals surface area contributed by atoms with Gasteiger partial charge in [-0.25, -0.2) is 9.48 Å². The molecular weight excluding hydrogens is 391 g/mol. The zero-order chi connectivity index (χ0) is 15.1. The SMILES string of the molecule is CC(C)(C)c1c(I)c(C(=O)O)nn1-c1ccc(Cl)cc1. The smallest absolute Gasteiger partial charge is 0.357 e. The molecule has 0 aliphatic carbocycles. The predicted octanol–water partition coefficient (Wildman–Crippen LogP) is 4.13. The second kappa shape index (κ2) is 5.37. The van der Waals surface area contributed by atoms with Crippen molar-refractivity contribution < 1.29 is 9.90 Å². The third-order valence-electron chi connectivity index (χ3n) is 2.81. The molecule has 0 radical (unpaired) electrons. The van der Waals surface area contributed by atoms with E-state index in [-0.39, 0.29) is 11.1 Å². The molecule has 106 valence electrons. The Morgan fingerprint density at radius 2 is 1.85 bits per heavy atom. The molecule has 0 amide bonds. The first-order valence-electron chi connectivity index (χ1n) is 6.00. The quantitative estimate of drug-likeness (QED) is 0.766. The molecule has 4 nitrogen and oxygen atoms in total. The summed E-state index contributed by atoms with van der Waals surface area (Å²) in [5.41, 5.74) is 1.52. The highest BCUT2D eigenvalue weighted by molar-refractivity contribution is 14.1. The van der Waals surface area contributed by atoms with Crippen molar-refractivity contribution in [3.05, 3.63) is 44.2 Å². The van der Waals surface area contributed by atoms with Crippen molar-refractivity contribution >= 4 is 40.2 Å². The molecule has 1 aromatic carbocycles. The fraction of sp³-hybridized carbons (Fsp3) is 0.286. The van der Waals surface area contributed by atoms with E-state index in [0.29, 0.717) is 8.59 Å². The minimum absolute atomic E-state index is 0.0745. The Morgan fingerprint density at radius 3 is 2.30 bits per heavy atom. The van der Waals surface area contributed by atoms with Crippen molar-refractivity contribution in [3.8, 4) is 5.69 Å². The van der Waals surface area contributed by atoms with Gasteiger partial charge in [0, 0.05) is 10.4 Å². The Kier molecular flexibility index (Phi) is 4.11. The van der Waals surface area contributed by atoms with Crippen LogP contribution in [-0.4, -0.2) is 20.9 Å². The van der Waals surface area contributed by atoms with Crippen molar-refractivity contribution in [1.29, 1.82) is 0 Å². The first kappa shape index (κ1) is 15.3. The molecule has 0 fully saturated rings. The summed E-state index contributed by atoms with van der Waals surface area (Å²) >= 11 is 7.94. The van der Waals surface area contributed by atoms with Crippen molar-refractivity contribution in [2.24, 2.45) is 0 Å².